The fraction of sp³-hybridized carbons (Fsp3) is 0.167. The number of hydrogen-bond acceptors (Lipinski definition) is 8. The Hall–Kier alpha value is -5.27. The van der Waals surface area contributed by atoms with Gasteiger partial charge in [0.25, 0.3) is 0 Å². The van der Waals surface area contributed by atoms with E-state index in [1.807, 2.05) is 17.0 Å². The van der Waals surface area contributed by atoms with Crippen LogP contribution in [0, 0.1) is 0 Å². The number of pyridine rings is 1. The van der Waals surface area contributed by atoms with Crippen LogP contribution >= 0.6 is 12.2 Å². The second kappa shape index (κ2) is 12.3. The van der Waals surface area contributed by atoms with Crippen LogP contribution in [-0.2, 0) is 9.53 Å². The monoisotopic (exact) mass is 602 g/mol. The molecular weight excluding hydrogens is 576 g/mol. The van der Waals surface area contributed by atoms with Crippen molar-refractivity contribution in [2.45, 2.75) is 12.1 Å². The molecule has 13 heteroatoms. The van der Waals surface area contributed by atoms with Crippen LogP contribution in [0.5, 0.6) is 5.75 Å². The standard InChI is InChI=1S/C30H26N4O8S/c1-40-15-25(35)32-21-14-19(6-7-23(21)41-2)34-27(26(33-30(34)43)20-5-3-4-10-31-20)24-9-8-22(42-24)16-11-17(28(36)37)13-18(12-16)29(38)39/h3-14,26-27H,15H2,1-2H3,(H,32,35)(H,33,43)(H,36,37)(H,38,39)/t26-,27+/m1/s1. The number of aromatic nitrogens is 1. The minimum Gasteiger partial charge on any atom is -0.495 e. The van der Waals surface area contributed by atoms with Crippen LogP contribution < -0.4 is 20.3 Å². The molecule has 2 atom stereocenters. The number of amides is 1. The zero-order valence-corrected chi connectivity index (χ0v) is 23.8. The van der Waals surface area contributed by atoms with E-state index < -0.39 is 24.0 Å². The van der Waals surface area contributed by atoms with Gasteiger partial charge in [-0.1, -0.05) is 6.07 Å². The summed E-state index contributed by atoms with van der Waals surface area (Å²) in [6.45, 7) is -0.150. The van der Waals surface area contributed by atoms with Gasteiger partial charge in [-0.3, -0.25) is 9.78 Å². The van der Waals surface area contributed by atoms with Crippen molar-refractivity contribution < 1.29 is 38.5 Å². The average Bonchev–Trinajstić information content (AvgIpc) is 3.62. The first-order valence-corrected chi connectivity index (χ1v) is 13.3. The Balaban J connectivity index is 1.60. The van der Waals surface area contributed by atoms with Crippen LogP contribution in [0.1, 0.15) is 44.3 Å². The van der Waals surface area contributed by atoms with Gasteiger partial charge in [-0.2, -0.15) is 0 Å². The molecule has 43 heavy (non-hydrogen) atoms. The number of benzene rings is 2. The van der Waals surface area contributed by atoms with Crippen LogP contribution in [0.25, 0.3) is 11.3 Å². The zero-order valence-electron chi connectivity index (χ0n) is 22.9. The maximum atomic E-state index is 12.3. The van der Waals surface area contributed by atoms with Crippen molar-refractivity contribution in [3.63, 3.8) is 0 Å². The Kier molecular flexibility index (Phi) is 8.36. The second-order valence-electron chi connectivity index (χ2n) is 9.47. The van der Waals surface area contributed by atoms with Gasteiger partial charge >= 0.3 is 11.9 Å². The number of furan rings is 1. The van der Waals surface area contributed by atoms with E-state index in [-0.39, 0.29) is 35.0 Å². The first-order valence-electron chi connectivity index (χ1n) is 12.9. The fourth-order valence-corrected chi connectivity index (χ4v) is 5.21. The van der Waals surface area contributed by atoms with Crippen molar-refractivity contribution in [1.29, 1.82) is 0 Å². The van der Waals surface area contributed by atoms with E-state index in [0.29, 0.717) is 33.7 Å². The Morgan fingerprint density at radius 3 is 2.40 bits per heavy atom. The number of ether oxygens (including phenoxy) is 2. The first-order chi connectivity index (χ1) is 20.7. The number of methoxy groups -OCH3 is 2. The lowest BCUT2D eigenvalue weighted by Gasteiger charge is -2.27. The van der Waals surface area contributed by atoms with Crippen molar-refractivity contribution in [3.8, 4) is 17.1 Å². The molecule has 2 aromatic carbocycles. The molecule has 4 aromatic rings. The maximum absolute atomic E-state index is 12.3. The van der Waals surface area contributed by atoms with Gasteiger partial charge in [0.1, 0.15) is 29.9 Å². The molecule has 5 rings (SSSR count). The van der Waals surface area contributed by atoms with Crippen molar-refractivity contribution in [3.05, 3.63) is 95.5 Å². The van der Waals surface area contributed by atoms with Crippen molar-refractivity contribution >= 4 is 46.6 Å². The van der Waals surface area contributed by atoms with Gasteiger partial charge in [0, 0.05) is 24.6 Å². The summed E-state index contributed by atoms with van der Waals surface area (Å²) < 4.78 is 16.7. The van der Waals surface area contributed by atoms with E-state index in [1.54, 1.807) is 42.6 Å². The van der Waals surface area contributed by atoms with Crippen molar-refractivity contribution in [2.24, 2.45) is 0 Å². The summed E-state index contributed by atoms with van der Waals surface area (Å²) in [5.74, 6) is -1.77. The molecule has 1 amide bonds. The number of aromatic carboxylic acids is 2. The number of carboxylic acid groups (broad SMARTS) is 2. The summed E-state index contributed by atoms with van der Waals surface area (Å²) in [5.41, 5.74) is 1.59. The van der Waals surface area contributed by atoms with Gasteiger partial charge in [-0.05, 0) is 72.9 Å². The Morgan fingerprint density at radius 1 is 1.02 bits per heavy atom. The van der Waals surface area contributed by atoms with E-state index in [0.717, 1.165) is 6.07 Å². The maximum Gasteiger partial charge on any atom is 0.335 e. The van der Waals surface area contributed by atoms with Crippen LogP contribution in [0.4, 0.5) is 11.4 Å². The molecule has 0 radical (unpaired) electrons. The van der Waals surface area contributed by atoms with E-state index in [9.17, 15) is 24.6 Å². The number of carbonyl (C=O) groups excluding carboxylic acids is 1. The molecule has 2 aromatic heterocycles. The number of hydrogen-bond donors (Lipinski definition) is 4. The van der Waals surface area contributed by atoms with Gasteiger partial charge < -0.3 is 39.6 Å². The van der Waals surface area contributed by atoms with Crippen LogP contribution in [-0.4, -0.2) is 59.0 Å². The van der Waals surface area contributed by atoms with Crippen LogP contribution in [0.15, 0.2) is 77.3 Å². The molecule has 1 aliphatic heterocycles. The second-order valence-corrected chi connectivity index (χ2v) is 9.86. The number of nitrogens with one attached hydrogen (secondary N) is 2. The molecule has 0 aliphatic carbocycles. The lowest BCUT2D eigenvalue weighted by Crippen LogP contribution is -2.29. The summed E-state index contributed by atoms with van der Waals surface area (Å²) >= 11 is 5.78. The molecule has 1 aliphatic rings. The van der Waals surface area contributed by atoms with Gasteiger partial charge in [-0.15, -0.1) is 0 Å². The van der Waals surface area contributed by atoms with Crippen molar-refractivity contribution in [2.75, 3.05) is 31.0 Å². The lowest BCUT2D eigenvalue weighted by molar-refractivity contribution is -0.119. The quantitative estimate of drug-likeness (QED) is 0.188. The highest BCUT2D eigenvalue weighted by Crippen LogP contribution is 2.44. The number of rotatable bonds is 10. The van der Waals surface area contributed by atoms with Gasteiger partial charge in [-0.25, -0.2) is 9.59 Å². The SMILES string of the molecule is COCC(=O)Nc1cc(N2C(=S)N[C@H](c3ccccn3)[C@@H]2c2ccc(-c3cc(C(=O)O)cc(C(=O)O)c3)o2)ccc1OC. The highest BCUT2D eigenvalue weighted by Gasteiger charge is 2.43. The average molecular weight is 603 g/mol. The van der Waals surface area contributed by atoms with Gasteiger partial charge in [0.2, 0.25) is 5.91 Å². The number of thiocarbonyl (C=S) groups is 1. The Labute approximate surface area is 250 Å². The van der Waals surface area contributed by atoms with Gasteiger partial charge in [0.15, 0.2) is 5.11 Å². The lowest BCUT2D eigenvalue weighted by atomic mass is 10.0. The minimum absolute atomic E-state index is 0.150. The van der Waals surface area contributed by atoms with Crippen LogP contribution in [0.3, 0.4) is 0 Å². The summed E-state index contributed by atoms with van der Waals surface area (Å²) in [4.78, 5) is 42.0. The summed E-state index contributed by atoms with van der Waals surface area (Å²) in [6.07, 6.45) is 1.66. The van der Waals surface area contributed by atoms with Gasteiger partial charge in [0.05, 0.1) is 35.7 Å². The Bertz CT molecular complexity index is 1680. The van der Waals surface area contributed by atoms with Crippen molar-refractivity contribution in [1.82, 2.24) is 10.3 Å². The molecule has 1 saturated heterocycles. The normalized spacial score (nSPS) is 16.0. The highest BCUT2D eigenvalue weighted by atomic mass is 32.1. The van der Waals surface area contributed by atoms with E-state index >= 15 is 0 Å². The topological polar surface area (TPSA) is 163 Å². The number of carbonyl (C=O) groups is 3. The molecular formula is C30H26N4O8S. The number of carboxylic acids is 2. The van der Waals surface area contributed by atoms with E-state index in [1.165, 1.54) is 26.4 Å². The third kappa shape index (κ3) is 6.03. The number of nitrogens with zero attached hydrogens (tertiary/aromatic N) is 2. The third-order valence-corrected chi connectivity index (χ3v) is 7.05. The zero-order chi connectivity index (χ0) is 30.7. The summed E-state index contributed by atoms with van der Waals surface area (Å²) in [6, 6.07) is 16.8. The molecule has 0 saturated carbocycles. The first kappa shape index (κ1) is 29.2. The fourth-order valence-electron chi connectivity index (χ4n) is 4.87. The van der Waals surface area contributed by atoms with Crippen LogP contribution in [0.2, 0.25) is 0 Å². The predicted octanol–water partition coefficient (Wildman–Crippen LogP) is 4.51. The molecule has 0 spiro atoms. The Morgan fingerprint density at radius 2 is 1.77 bits per heavy atom. The third-order valence-electron chi connectivity index (χ3n) is 6.74. The molecule has 1 fully saturated rings. The van der Waals surface area contributed by atoms with E-state index in [4.69, 9.17) is 26.1 Å². The summed E-state index contributed by atoms with van der Waals surface area (Å²) in [7, 11) is 2.91. The largest absolute Gasteiger partial charge is 0.495 e. The number of anilines is 2. The molecule has 220 valence electrons. The minimum atomic E-state index is -1.27. The molecule has 0 bridgehead atoms. The highest BCUT2D eigenvalue weighted by molar-refractivity contribution is 7.80. The smallest absolute Gasteiger partial charge is 0.335 e. The summed E-state index contributed by atoms with van der Waals surface area (Å²) in [5, 5.41) is 25.5. The predicted molar refractivity (Wildman–Crippen MR) is 159 cm³/mol. The molecule has 3 heterocycles. The molecule has 12 nitrogen and oxygen atoms in total. The van der Waals surface area contributed by atoms with E-state index in [2.05, 4.69) is 15.6 Å². The molecule has 0 unspecified atom stereocenters. The molecule has 4 N–H and O–H groups in total.